The molecule has 1 rings (SSSR count). The van der Waals surface area contributed by atoms with Crippen LogP contribution >= 0.6 is 11.8 Å². The third-order valence-electron chi connectivity index (χ3n) is 3.41. The maximum absolute atomic E-state index is 6.11. The highest BCUT2D eigenvalue weighted by molar-refractivity contribution is 7.98. The average molecular weight is 230 g/mol. The van der Waals surface area contributed by atoms with Crippen LogP contribution in [0.15, 0.2) is 0 Å². The molecule has 1 fully saturated rings. The monoisotopic (exact) mass is 230 g/mol. The maximum Gasteiger partial charge on any atom is 0.0175 e. The zero-order valence-electron chi connectivity index (χ0n) is 10.2. The largest absolute Gasteiger partial charge is 0.327 e. The van der Waals surface area contributed by atoms with Crippen molar-refractivity contribution in [1.29, 1.82) is 0 Å². The number of hydrogen-bond acceptors (Lipinski definition) is 3. The minimum Gasteiger partial charge on any atom is -0.327 e. The lowest BCUT2D eigenvalue weighted by Gasteiger charge is -2.32. The van der Waals surface area contributed by atoms with Crippen molar-refractivity contribution >= 4 is 11.8 Å². The van der Waals surface area contributed by atoms with E-state index < -0.39 is 0 Å². The van der Waals surface area contributed by atoms with Gasteiger partial charge in [-0.15, -0.1) is 0 Å². The number of likely N-dealkylation sites (N-methyl/N-ethyl adjacent to an activating group) is 1. The van der Waals surface area contributed by atoms with Crippen LogP contribution in [0.3, 0.4) is 0 Å². The molecule has 0 bridgehead atoms. The van der Waals surface area contributed by atoms with Crippen molar-refractivity contribution in [1.82, 2.24) is 4.90 Å². The highest BCUT2D eigenvalue weighted by Crippen LogP contribution is 2.21. The minimum absolute atomic E-state index is 0.365. The van der Waals surface area contributed by atoms with E-state index in [1.54, 1.807) is 0 Å². The quantitative estimate of drug-likeness (QED) is 0.759. The number of thioether (sulfide) groups is 1. The van der Waals surface area contributed by atoms with Crippen molar-refractivity contribution < 1.29 is 0 Å². The Kier molecular flexibility index (Phi) is 6.69. The van der Waals surface area contributed by atoms with Crippen molar-refractivity contribution in [3.63, 3.8) is 0 Å². The van der Waals surface area contributed by atoms with Gasteiger partial charge in [-0.2, -0.15) is 11.8 Å². The van der Waals surface area contributed by atoms with Crippen LogP contribution in [0.5, 0.6) is 0 Å². The van der Waals surface area contributed by atoms with E-state index in [9.17, 15) is 0 Å². The first-order valence-corrected chi connectivity index (χ1v) is 7.58. The van der Waals surface area contributed by atoms with Gasteiger partial charge in [-0.3, -0.25) is 0 Å². The lowest BCUT2D eigenvalue weighted by molar-refractivity contribution is 0.181. The Morgan fingerprint density at radius 3 is 2.60 bits per heavy atom. The minimum atomic E-state index is 0.365. The van der Waals surface area contributed by atoms with Gasteiger partial charge < -0.3 is 10.6 Å². The highest BCUT2D eigenvalue weighted by atomic mass is 32.2. The third kappa shape index (κ3) is 5.23. The van der Waals surface area contributed by atoms with E-state index in [2.05, 4.69) is 18.2 Å². The van der Waals surface area contributed by atoms with Gasteiger partial charge in [-0.25, -0.2) is 0 Å². The van der Waals surface area contributed by atoms with E-state index in [0.29, 0.717) is 6.04 Å². The van der Waals surface area contributed by atoms with Crippen molar-refractivity contribution in [2.45, 2.75) is 50.6 Å². The van der Waals surface area contributed by atoms with Crippen LogP contribution < -0.4 is 5.73 Å². The lowest BCUT2D eigenvalue weighted by Crippen LogP contribution is -2.42. The average Bonchev–Trinajstić information content (AvgIpc) is 2.27. The fourth-order valence-corrected chi connectivity index (χ4v) is 2.94. The van der Waals surface area contributed by atoms with Gasteiger partial charge >= 0.3 is 0 Å². The molecular weight excluding hydrogens is 204 g/mol. The number of hydrogen-bond donors (Lipinski definition) is 1. The second-order valence-electron chi connectivity index (χ2n) is 4.77. The molecule has 0 radical (unpaired) electrons. The Balaban J connectivity index is 2.17. The van der Waals surface area contributed by atoms with E-state index in [-0.39, 0.29) is 0 Å². The van der Waals surface area contributed by atoms with Gasteiger partial charge in [0.25, 0.3) is 0 Å². The topological polar surface area (TPSA) is 29.3 Å². The summed E-state index contributed by atoms with van der Waals surface area (Å²) in [4.78, 5) is 2.49. The van der Waals surface area contributed by atoms with Crippen LogP contribution in [0.2, 0.25) is 0 Å². The first-order valence-electron chi connectivity index (χ1n) is 6.18. The van der Waals surface area contributed by atoms with Crippen LogP contribution in [0.1, 0.15) is 38.5 Å². The molecule has 0 saturated heterocycles. The van der Waals surface area contributed by atoms with Gasteiger partial charge in [-0.1, -0.05) is 19.3 Å². The highest BCUT2D eigenvalue weighted by Gasteiger charge is 2.19. The molecule has 1 aliphatic carbocycles. The molecule has 3 heteroatoms. The molecular formula is C12H26N2S. The molecule has 2 N–H and O–H groups in total. The van der Waals surface area contributed by atoms with Gasteiger partial charge in [0.05, 0.1) is 0 Å². The molecule has 0 spiro atoms. The molecule has 0 aliphatic heterocycles. The van der Waals surface area contributed by atoms with E-state index in [4.69, 9.17) is 5.73 Å². The molecule has 1 aliphatic rings. The first kappa shape index (κ1) is 13.3. The van der Waals surface area contributed by atoms with Crippen molar-refractivity contribution in [2.75, 3.05) is 25.6 Å². The van der Waals surface area contributed by atoms with Crippen LogP contribution in [0, 0.1) is 0 Å². The number of rotatable bonds is 6. The fraction of sp³-hybridized carbons (Fsp3) is 1.00. The fourth-order valence-electron chi connectivity index (χ4n) is 2.40. The summed E-state index contributed by atoms with van der Waals surface area (Å²) in [6, 6.07) is 1.17. The van der Waals surface area contributed by atoms with E-state index in [1.165, 1.54) is 37.9 Å². The van der Waals surface area contributed by atoms with Crippen LogP contribution in [-0.2, 0) is 0 Å². The molecule has 2 nitrogen and oxygen atoms in total. The van der Waals surface area contributed by atoms with Crippen molar-refractivity contribution in [3.8, 4) is 0 Å². The van der Waals surface area contributed by atoms with Crippen LogP contribution in [0.4, 0.5) is 0 Å². The molecule has 15 heavy (non-hydrogen) atoms. The summed E-state index contributed by atoms with van der Waals surface area (Å²) in [7, 11) is 2.24. The molecule has 1 atom stereocenters. The zero-order chi connectivity index (χ0) is 11.1. The van der Waals surface area contributed by atoms with Crippen LogP contribution in [0.25, 0.3) is 0 Å². The summed E-state index contributed by atoms with van der Waals surface area (Å²) in [5, 5.41) is 0. The van der Waals surface area contributed by atoms with E-state index in [0.717, 1.165) is 19.0 Å². The Labute approximate surface area is 99.0 Å². The third-order valence-corrected chi connectivity index (χ3v) is 4.06. The Morgan fingerprint density at radius 1 is 1.33 bits per heavy atom. The summed E-state index contributed by atoms with van der Waals surface area (Å²) < 4.78 is 0. The second kappa shape index (κ2) is 7.53. The van der Waals surface area contributed by atoms with Crippen molar-refractivity contribution in [3.05, 3.63) is 0 Å². The van der Waals surface area contributed by atoms with Gasteiger partial charge in [0.1, 0.15) is 0 Å². The molecule has 0 unspecified atom stereocenters. The molecule has 90 valence electrons. The summed E-state index contributed by atoms with van der Waals surface area (Å²) in [6.45, 7) is 1.07. The van der Waals surface area contributed by atoms with Crippen LogP contribution in [-0.4, -0.2) is 42.6 Å². The molecule has 0 aromatic rings. The summed E-state index contributed by atoms with van der Waals surface area (Å²) in [5.74, 6) is 1.19. The number of nitrogens with two attached hydrogens (primary N) is 1. The van der Waals surface area contributed by atoms with Crippen molar-refractivity contribution in [2.24, 2.45) is 5.73 Å². The van der Waals surface area contributed by atoms with Gasteiger partial charge in [0.15, 0.2) is 0 Å². The SMILES string of the molecule is CSCC[C@H](N)CN(C)C1CCCCC1. The smallest absolute Gasteiger partial charge is 0.0175 e. The molecule has 0 aromatic carbocycles. The zero-order valence-corrected chi connectivity index (χ0v) is 11.1. The van der Waals surface area contributed by atoms with E-state index >= 15 is 0 Å². The predicted molar refractivity (Wildman–Crippen MR) is 70.5 cm³/mol. The van der Waals surface area contributed by atoms with Gasteiger partial charge in [0.2, 0.25) is 0 Å². The molecule has 0 aromatic heterocycles. The lowest BCUT2D eigenvalue weighted by atomic mass is 9.94. The normalized spacial score (nSPS) is 20.8. The Bertz CT molecular complexity index is 158. The molecule has 1 saturated carbocycles. The molecule has 0 heterocycles. The maximum atomic E-state index is 6.11. The van der Waals surface area contributed by atoms with E-state index in [1.807, 2.05) is 11.8 Å². The Morgan fingerprint density at radius 2 is 2.00 bits per heavy atom. The number of nitrogens with zero attached hydrogens (tertiary/aromatic N) is 1. The second-order valence-corrected chi connectivity index (χ2v) is 5.76. The molecule has 0 amide bonds. The summed E-state index contributed by atoms with van der Waals surface area (Å²) in [6.07, 6.45) is 10.3. The standard InChI is InChI=1S/C12H26N2S/c1-14(10-11(13)8-9-15-2)12-6-4-3-5-7-12/h11-12H,3-10,13H2,1-2H3/t11-/m0/s1. The Hall–Kier alpha value is 0.270. The summed E-state index contributed by atoms with van der Waals surface area (Å²) >= 11 is 1.89. The predicted octanol–water partition coefficient (Wildman–Crippen LogP) is 2.33. The van der Waals surface area contributed by atoms with Gasteiger partial charge in [0, 0.05) is 18.6 Å². The van der Waals surface area contributed by atoms with Gasteiger partial charge in [-0.05, 0) is 38.3 Å². The first-order chi connectivity index (χ1) is 7.24. The summed E-state index contributed by atoms with van der Waals surface area (Å²) in [5.41, 5.74) is 6.11.